The van der Waals surface area contributed by atoms with E-state index in [0.717, 1.165) is 12.8 Å². The fourth-order valence-corrected chi connectivity index (χ4v) is 1.03. The van der Waals surface area contributed by atoms with Crippen molar-refractivity contribution in [1.82, 2.24) is 0 Å². The van der Waals surface area contributed by atoms with Gasteiger partial charge in [-0.3, -0.25) is 0 Å². The highest BCUT2D eigenvalue weighted by atomic mass is 35.5. The highest BCUT2D eigenvalue weighted by Crippen LogP contribution is 2.19. The van der Waals surface area contributed by atoms with E-state index in [1.54, 1.807) is 0 Å². The van der Waals surface area contributed by atoms with Crippen LogP contribution in [0, 0.1) is 5.92 Å². The van der Waals surface area contributed by atoms with E-state index in [2.05, 4.69) is 0 Å². The second kappa shape index (κ2) is 4.88. The van der Waals surface area contributed by atoms with Crippen LogP contribution in [0.15, 0.2) is 0 Å². The van der Waals surface area contributed by atoms with Gasteiger partial charge in [-0.05, 0) is 12.8 Å². The third-order valence-electron chi connectivity index (χ3n) is 1.67. The Hall–Kier alpha value is 0.140. The first-order valence-corrected chi connectivity index (χ1v) is 3.30. The summed E-state index contributed by atoms with van der Waals surface area (Å²) >= 11 is 0. The van der Waals surface area contributed by atoms with Crippen molar-refractivity contribution in [2.24, 2.45) is 11.7 Å². The molecule has 1 saturated heterocycles. The van der Waals surface area contributed by atoms with Crippen molar-refractivity contribution in [3.8, 4) is 0 Å². The minimum atomic E-state index is -1.11. The van der Waals surface area contributed by atoms with Gasteiger partial charge in [0.05, 0.1) is 6.61 Å². The van der Waals surface area contributed by atoms with Crippen LogP contribution in [0.5, 0.6) is 0 Å². The Kier molecular flexibility index (Phi) is 4.95. The molecule has 0 saturated carbocycles. The molecule has 10 heavy (non-hydrogen) atoms. The molecular weight excluding hydrogens is 157 g/mol. The van der Waals surface area contributed by atoms with Crippen molar-refractivity contribution in [3.63, 3.8) is 0 Å². The summed E-state index contributed by atoms with van der Waals surface area (Å²) in [5.41, 5.74) is 5.27. The zero-order valence-electron chi connectivity index (χ0n) is 5.75. The summed E-state index contributed by atoms with van der Waals surface area (Å²) in [6.07, 6.45) is 0.712. The van der Waals surface area contributed by atoms with Crippen molar-refractivity contribution in [2.45, 2.75) is 19.2 Å². The number of halogens is 2. The van der Waals surface area contributed by atoms with Gasteiger partial charge in [0, 0.05) is 12.5 Å². The van der Waals surface area contributed by atoms with Gasteiger partial charge in [-0.2, -0.15) is 0 Å². The lowest BCUT2D eigenvalue weighted by Gasteiger charge is -2.24. The van der Waals surface area contributed by atoms with Gasteiger partial charge in [0.1, 0.15) is 0 Å². The zero-order chi connectivity index (χ0) is 6.69. The van der Waals surface area contributed by atoms with E-state index in [0.29, 0.717) is 13.2 Å². The van der Waals surface area contributed by atoms with E-state index in [9.17, 15) is 4.39 Å². The summed E-state index contributed by atoms with van der Waals surface area (Å²) in [5, 5.41) is 0. The maximum absolute atomic E-state index is 12.5. The molecule has 0 radical (unpaired) electrons. The van der Waals surface area contributed by atoms with Crippen LogP contribution < -0.4 is 5.73 Å². The van der Waals surface area contributed by atoms with Gasteiger partial charge in [0.25, 0.3) is 0 Å². The second-order valence-corrected chi connectivity index (χ2v) is 2.36. The van der Waals surface area contributed by atoms with E-state index in [1.807, 2.05) is 0 Å². The van der Waals surface area contributed by atoms with Crippen LogP contribution in [0.1, 0.15) is 12.8 Å². The molecule has 2 nitrogen and oxygen atoms in total. The van der Waals surface area contributed by atoms with Crippen molar-refractivity contribution < 1.29 is 9.13 Å². The first-order valence-electron chi connectivity index (χ1n) is 3.30. The average Bonchev–Trinajstić information content (AvgIpc) is 1.89. The Morgan fingerprint density at radius 1 is 1.60 bits per heavy atom. The maximum Gasteiger partial charge on any atom is 0.202 e. The van der Waals surface area contributed by atoms with Crippen LogP contribution >= 0.6 is 12.4 Å². The topological polar surface area (TPSA) is 35.2 Å². The first kappa shape index (κ1) is 10.1. The number of alkyl halides is 1. The van der Waals surface area contributed by atoms with Crippen molar-refractivity contribution in [3.05, 3.63) is 0 Å². The predicted octanol–water partition coefficient (Wildman–Crippen LogP) is 1.09. The van der Waals surface area contributed by atoms with Crippen LogP contribution in [0.2, 0.25) is 0 Å². The van der Waals surface area contributed by atoms with Crippen molar-refractivity contribution in [1.29, 1.82) is 0 Å². The molecule has 1 heterocycles. The molecule has 0 aromatic carbocycles. The molecule has 4 heteroatoms. The molecule has 0 spiro atoms. The third kappa shape index (κ3) is 2.40. The molecule has 0 aromatic heterocycles. The third-order valence-corrected chi connectivity index (χ3v) is 1.67. The Labute approximate surface area is 66.3 Å². The summed E-state index contributed by atoms with van der Waals surface area (Å²) in [5.74, 6) is -0.0567. The van der Waals surface area contributed by atoms with Gasteiger partial charge in [-0.1, -0.05) is 0 Å². The molecule has 0 amide bonds. The molecule has 1 unspecified atom stereocenters. The molecule has 0 aliphatic carbocycles. The SMILES string of the molecule is Cl.NC[C@@H]1CCCOC1F. The van der Waals surface area contributed by atoms with E-state index >= 15 is 0 Å². The number of hydrogen-bond donors (Lipinski definition) is 1. The predicted molar refractivity (Wildman–Crippen MR) is 39.9 cm³/mol. The summed E-state index contributed by atoms with van der Waals surface area (Å²) < 4.78 is 17.3. The smallest absolute Gasteiger partial charge is 0.202 e. The molecule has 62 valence electrons. The van der Waals surface area contributed by atoms with E-state index in [-0.39, 0.29) is 18.3 Å². The Balaban J connectivity index is 0.000000810. The van der Waals surface area contributed by atoms with Gasteiger partial charge in [-0.25, -0.2) is 4.39 Å². The highest BCUT2D eigenvalue weighted by Gasteiger charge is 2.23. The fraction of sp³-hybridized carbons (Fsp3) is 1.00. The first-order chi connectivity index (χ1) is 4.34. The average molecular weight is 170 g/mol. The van der Waals surface area contributed by atoms with Gasteiger partial charge >= 0.3 is 0 Å². The Morgan fingerprint density at radius 2 is 2.30 bits per heavy atom. The fourth-order valence-electron chi connectivity index (χ4n) is 1.03. The molecular formula is C6H13ClFNO. The van der Waals surface area contributed by atoms with Crippen molar-refractivity contribution in [2.75, 3.05) is 13.2 Å². The molecule has 1 aliphatic heterocycles. The molecule has 2 atom stereocenters. The van der Waals surface area contributed by atoms with Crippen LogP contribution in [-0.2, 0) is 4.74 Å². The normalized spacial score (nSPS) is 33.0. The number of rotatable bonds is 1. The molecule has 1 aliphatic rings. The number of nitrogens with two attached hydrogens (primary N) is 1. The monoisotopic (exact) mass is 169 g/mol. The minimum absolute atomic E-state index is 0. The summed E-state index contributed by atoms with van der Waals surface area (Å²) in [4.78, 5) is 0. The van der Waals surface area contributed by atoms with E-state index in [4.69, 9.17) is 10.5 Å². The molecule has 1 rings (SSSR count). The Bertz CT molecular complexity index is 93.8. The second-order valence-electron chi connectivity index (χ2n) is 2.36. The summed E-state index contributed by atoms with van der Waals surface area (Å²) in [6.45, 7) is 0.957. The van der Waals surface area contributed by atoms with Crippen LogP contribution in [0.4, 0.5) is 4.39 Å². The van der Waals surface area contributed by atoms with Crippen molar-refractivity contribution >= 4 is 12.4 Å². The molecule has 0 aromatic rings. The lowest BCUT2D eigenvalue weighted by Crippen LogP contribution is -2.31. The zero-order valence-corrected chi connectivity index (χ0v) is 6.57. The lowest BCUT2D eigenvalue weighted by atomic mass is 10.0. The molecule has 0 bridgehead atoms. The highest BCUT2D eigenvalue weighted by molar-refractivity contribution is 5.85. The summed E-state index contributed by atoms with van der Waals surface area (Å²) in [6, 6.07) is 0. The summed E-state index contributed by atoms with van der Waals surface area (Å²) in [7, 11) is 0. The van der Waals surface area contributed by atoms with Gasteiger partial charge in [-0.15, -0.1) is 12.4 Å². The quantitative estimate of drug-likeness (QED) is 0.638. The van der Waals surface area contributed by atoms with Crippen LogP contribution in [-0.4, -0.2) is 19.5 Å². The number of hydrogen-bond acceptors (Lipinski definition) is 2. The number of ether oxygens (including phenoxy) is 1. The van der Waals surface area contributed by atoms with Crippen LogP contribution in [0.25, 0.3) is 0 Å². The lowest BCUT2D eigenvalue weighted by molar-refractivity contribution is -0.103. The van der Waals surface area contributed by atoms with Gasteiger partial charge in [0.2, 0.25) is 6.36 Å². The van der Waals surface area contributed by atoms with Gasteiger partial charge < -0.3 is 10.5 Å². The Morgan fingerprint density at radius 3 is 2.70 bits per heavy atom. The standard InChI is InChI=1S/C6H12FNO.ClH/c7-6-5(4-8)2-1-3-9-6;/h5-6H,1-4,8H2;1H/t5-,6?;/m0./s1. The largest absolute Gasteiger partial charge is 0.348 e. The van der Waals surface area contributed by atoms with Crippen LogP contribution in [0.3, 0.4) is 0 Å². The minimum Gasteiger partial charge on any atom is -0.348 e. The van der Waals surface area contributed by atoms with E-state index in [1.165, 1.54) is 0 Å². The maximum atomic E-state index is 12.5. The molecule has 1 fully saturated rings. The van der Waals surface area contributed by atoms with Gasteiger partial charge in [0.15, 0.2) is 0 Å². The molecule has 2 N–H and O–H groups in total. The van der Waals surface area contributed by atoms with E-state index < -0.39 is 6.36 Å².